The predicted octanol–water partition coefficient (Wildman–Crippen LogP) is 1.85. The average Bonchev–Trinajstić information content (AvgIpc) is 2.55. The topological polar surface area (TPSA) is 64.6 Å². The Morgan fingerprint density at radius 1 is 1.09 bits per heavy atom. The van der Waals surface area contributed by atoms with Crippen LogP contribution in [0.15, 0.2) is 24.3 Å². The first-order valence-electron chi connectivity index (χ1n) is 8.21. The van der Waals surface area contributed by atoms with Crippen molar-refractivity contribution >= 4 is 6.03 Å². The second kappa shape index (κ2) is 9.43. The van der Waals surface area contributed by atoms with Crippen molar-refractivity contribution in [3.63, 3.8) is 0 Å². The smallest absolute Gasteiger partial charge is 0.315 e. The molecule has 1 aliphatic rings. The molecule has 122 valence electrons. The van der Waals surface area contributed by atoms with Crippen LogP contribution in [-0.4, -0.2) is 42.3 Å². The van der Waals surface area contributed by atoms with E-state index in [1.54, 1.807) is 0 Å². The summed E-state index contributed by atoms with van der Waals surface area (Å²) in [5.41, 5.74) is 2.46. The molecule has 3 N–H and O–H groups in total. The maximum absolute atomic E-state index is 11.7. The number of amides is 2. The van der Waals surface area contributed by atoms with E-state index in [2.05, 4.69) is 33.7 Å². The van der Waals surface area contributed by atoms with Crippen LogP contribution in [0.3, 0.4) is 0 Å². The number of rotatable bonds is 7. The van der Waals surface area contributed by atoms with Crippen LogP contribution in [-0.2, 0) is 13.1 Å². The zero-order valence-corrected chi connectivity index (χ0v) is 13.2. The summed E-state index contributed by atoms with van der Waals surface area (Å²) < 4.78 is 0. The monoisotopic (exact) mass is 305 g/mol. The molecule has 5 nitrogen and oxygen atoms in total. The Labute approximate surface area is 132 Å². The number of nitrogens with zero attached hydrogens (tertiary/aromatic N) is 1. The quantitative estimate of drug-likeness (QED) is 0.674. The van der Waals surface area contributed by atoms with E-state index in [1.807, 2.05) is 6.07 Å². The zero-order valence-electron chi connectivity index (χ0n) is 13.2. The molecule has 1 aromatic rings. The van der Waals surface area contributed by atoms with Crippen molar-refractivity contribution in [2.45, 2.75) is 38.8 Å². The van der Waals surface area contributed by atoms with Crippen molar-refractivity contribution in [2.24, 2.45) is 0 Å². The molecule has 0 atom stereocenters. The second-order valence-corrected chi connectivity index (χ2v) is 5.79. The van der Waals surface area contributed by atoms with Gasteiger partial charge < -0.3 is 15.7 Å². The molecule has 1 aromatic carbocycles. The lowest BCUT2D eigenvalue weighted by Gasteiger charge is -2.27. The fourth-order valence-corrected chi connectivity index (χ4v) is 2.76. The van der Waals surface area contributed by atoms with E-state index >= 15 is 0 Å². The molecule has 1 heterocycles. The van der Waals surface area contributed by atoms with Gasteiger partial charge in [0.05, 0.1) is 0 Å². The summed E-state index contributed by atoms with van der Waals surface area (Å²) >= 11 is 0. The molecule has 0 aliphatic carbocycles. The Kier molecular flexibility index (Phi) is 7.19. The first kappa shape index (κ1) is 16.8. The lowest BCUT2D eigenvalue weighted by atomic mass is 10.0. The van der Waals surface area contributed by atoms with Gasteiger partial charge in [0.2, 0.25) is 0 Å². The standard InChI is InChI=1S/C17H27N3O2/c21-12-6-9-18-17(22)19-13-15-7-2-3-8-16(15)14-20-10-4-1-5-11-20/h2-3,7-8,21H,1,4-6,9-14H2,(H2,18,19,22). The van der Waals surface area contributed by atoms with Crippen LogP contribution in [0, 0.1) is 0 Å². The first-order valence-corrected chi connectivity index (χ1v) is 8.21. The molecule has 1 saturated heterocycles. The highest BCUT2D eigenvalue weighted by atomic mass is 16.3. The zero-order chi connectivity index (χ0) is 15.6. The van der Waals surface area contributed by atoms with Crippen LogP contribution >= 0.6 is 0 Å². The number of carbonyl (C=O) groups excluding carboxylic acids is 1. The van der Waals surface area contributed by atoms with E-state index in [-0.39, 0.29) is 12.6 Å². The highest BCUT2D eigenvalue weighted by Gasteiger charge is 2.12. The number of hydrogen-bond donors (Lipinski definition) is 3. The summed E-state index contributed by atoms with van der Waals surface area (Å²) in [5, 5.41) is 14.3. The van der Waals surface area contributed by atoms with Gasteiger partial charge >= 0.3 is 6.03 Å². The van der Waals surface area contributed by atoms with E-state index in [0.29, 0.717) is 19.5 Å². The highest BCUT2D eigenvalue weighted by Crippen LogP contribution is 2.16. The number of hydrogen-bond acceptors (Lipinski definition) is 3. The van der Waals surface area contributed by atoms with Crippen molar-refractivity contribution < 1.29 is 9.90 Å². The van der Waals surface area contributed by atoms with Gasteiger partial charge in [-0.3, -0.25) is 4.90 Å². The molecular weight excluding hydrogens is 278 g/mol. The maximum atomic E-state index is 11.7. The van der Waals surface area contributed by atoms with Crippen molar-refractivity contribution in [1.82, 2.24) is 15.5 Å². The lowest BCUT2D eigenvalue weighted by Crippen LogP contribution is -2.36. The molecule has 0 bridgehead atoms. The number of piperidine rings is 1. The minimum absolute atomic E-state index is 0.0962. The third kappa shape index (κ3) is 5.66. The van der Waals surface area contributed by atoms with Crippen LogP contribution < -0.4 is 10.6 Å². The van der Waals surface area contributed by atoms with Crippen LogP contribution in [0.5, 0.6) is 0 Å². The normalized spacial score (nSPS) is 15.5. The van der Waals surface area contributed by atoms with Gasteiger partial charge in [0, 0.05) is 26.2 Å². The van der Waals surface area contributed by atoms with Crippen LogP contribution in [0.2, 0.25) is 0 Å². The minimum Gasteiger partial charge on any atom is -0.396 e. The van der Waals surface area contributed by atoms with Gasteiger partial charge in [-0.2, -0.15) is 0 Å². The molecule has 0 unspecified atom stereocenters. The maximum Gasteiger partial charge on any atom is 0.315 e. The van der Waals surface area contributed by atoms with E-state index in [4.69, 9.17) is 5.11 Å². The van der Waals surface area contributed by atoms with Crippen LogP contribution in [0.1, 0.15) is 36.8 Å². The minimum atomic E-state index is -0.179. The fraction of sp³-hybridized carbons (Fsp3) is 0.588. The Morgan fingerprint density at radius 2 is 1.82 bits per heavy atom. The van der Waals surface area contributed by atoms with Gasteiger partial charge in [0.15, 0.2) is 0 Å². The van der Waals surface area contributed by atoms with Crippen LogP contribution in [0.4, 0.5) is 4.79 Å². The first-order chi connectivity index (χ1) is 10.8. The molecule has 0 aromatic heterocycles. The fourth-order valence-electron chi connectivity index (χ4n) is 2.76. The van der Waals surface area contributed by atoms with Gasteiger partial charge in [-0.25, -0.2) is 4.79 Å². The highest BCUT2D eigenvalue weighted by molar-refractivity contribution is 5.73. The van der Waals surface area contributed by atoms with Crippen molar-refractivity contribution in [1.29, 1.82) is 0 Å². The number of carbonyl (C=O) groups is 1. The molecule has 5 heteroatoms. The Morgan fingerprint density at radius 3 is 2.55 bits per heavy atom. The van der Waals surface area contributed by atoms with Gasteiger partial charge in [-0.1, -0.05) is 30.7 Å². The molecule has 0 radical (unpaired) electrons. The van der Waals surface area contributed by atoms with Crippen molar-refractivity contribution in [3.8, 4) is 0 Å². The summed E-state index contributed by atoms with van der Waals surface area (Å²) in [6.07, 6.45) is 4.49. The molecule has 0 saturated carbocycles. The Bertz CT molecular complexity index is 459. The predicted molar refractivity (Wildman–Crippen MR) is 87.5 cm³/mol. The van der Waals surface area contributed by atoms with Gasteiger partial charge in [0.1, 0.15) is 0 Å². The lowest BCUT2D eigenvalue weighted by molar-refractivity contribution is 0.220. The van der Waals surface area contributed by atoms with Crippen molar-refractivity contribution in [3.05, 3.63) is 35.4 Å². The summed E-state index contributed by atoms with van der Waals surface area (Å²) in [5.74, 6) is 0. The Balaban J connectivity index is 1.83. The van der Waals surface area contributed by atoms with E-state index in [0.717, 1.165) is 6.54 Å². The number of likely N-dealkylation sites (tertiary alicyclic amines) is 1. The van der Waals surface area contributed by atoms with Gasteiger partial charge in [0.25, 0.3) is 0 Å². The molecule has 1 aliphatic heterocycles. The SMILES string of the molecule is O=C(NCCCO)NCc1ccccc1CN1CCCCC1. The molecule has 2 amide bonds. The molecule has 22 heavy (non-hydrogen) atoms. The molecule has 2 rings (SSSR count). The molecule has 0 spiro atoms. The van der Waals surface area contributed by atoms with Crippen molar-refractivity contribution in [2.75, 3.05) is 26.2 Å². The number of nitrogens with one attached hydrogen (secondary N) is 2. The number of benzene rings is 1. The molecule has 1 fully saturated rings. The largest absolute Gasteiger partial charge is 0.396 e. The molecular formula is C17H27N3O2. The van der Waals surface area contributed by atoms with E-state index in [9.17, 15) is 4.79 Å². The third-order valence-electron chi connectivity index (χ3n) is 4.02. The van der Waals surface area contributed by atoms with E-state index < -0.39 is 0 Å². The second-order valence-electron chi connectivity index (χ2n) is 5.79. The third-order valence-corrected chi connectivity index (χ3v) is 4.02. The van der Waals surface area contributed by atoms with Gasteiger partial charge in [-0.15, -0.1) is 0 Å². The average molecular weight is 305 g/mol. The summed E-state index contributed by atoms with van der Waals surface area (Å²) in [6.45, 7) is 4.43. The van der Waals surface area contributed by atoms with Gasteiger partial charge in [-0.05, 0) is 43.5 Å². The summed E-state index contributed by atoms with van der Waals surface area (Å²) in [6, 6.07) is 8.12. The number of aliphatic hydroxyl groups is 1. The van der Waals surface area contributed by atoms with Crippen LogP contribution in [0.25, 0.3) is 0 Å². The summed E-state index contributed by atoms with van der Waals surface area (Å²) in [4.78, 5) is 14.2. The van der Waals surface area contributed by atoms with E-state index in [1.165, 1.54) is 43.5 Å². The number of urea groups is 1. The summed E-state index contributed by atoms with van der Waals surface area (Å²) in [7, 11) is 0. The Hall–Kier alpha value is -1.59. The number of aliphatic hydroxyl groups excluding tert-OH is 1.